The molecule has 2 N–H and O–H groups in total. The topological polar surface area (TPSA) is 41.5 Å². The van der Waals surface area contributed by atoms with Crippen molar-refractivity contribution in [3.05, 3.63) is 29.3 Å². The maximum absolute atomic E-state index is 10.2. The fourth-order valence-corrected chi connectivity index (χ4v) is 1.63. The zero-order valence-electron chi connectivity index (χ0n) is 12.1. The molecule has 0 fully saturated rings. The molecule has 0 spiro atoms. The van der Waals surface area contributed by atoms with Gasteiger partial charge in [0, 0.05) is 12.1 Å². The van der Waals surface area contributed by atoms with Crippen LogP contribution >= 0.6 is 0 Å². The fraction of sp³-hybridized carbons (Fsp3) is 0.600. The second-order valence-electron chi connectivity index (χ2n) is 5.39. The lowest BCUT2D eigenvalue weighted by atomic mass is 9.93. The first-order valence-electron chi connectivity index (χ1n) is 6.46. The minimum absolute atomic E-state index is 0.161. The Labute approximate surface area is 110 Å². The summed E-state index contributed by atoms with van der Waals surface area (Å²) in [4.78, 5) is 0. The number of hydrogen-bond acceptors (Lipinski definition) is 3. The van der Waals surface area contributed by atoms with Crippen LogP contribution in [0.3, 0.4) is 0 Å². The van der Waals surface area contributed by atoms with Crippen LogP contribution in [0.5, 0.6) is 5.75 Å². The summed E-state index contributed by atoms with van der Waals surface area (Å²) in [6, 6.07) is 6.09. The number of para-hydroxylation sites is 1. The van der Waals surface area contributed by atoms with E-state index in [-0.39, 0.29) is 5.92 Å². The van der Waals surface area contributed by atoms with Crippen LogP contribution in [0.2, 0.25) is 0 Å². The van der Waals surface area contributed by atoms with E-state index in [0.717, 1.165) is 23.4 Å². The summed E-state index contributed by atoms with van der Waals surface area (Å²) < 4.78 is 5.86. The molecule has 0 aliphatic rings. The number of ether oxygens (including phenoxy) is 1. The van der Waals surface area contributed by atoms with E-state index < -0.39 is 5.60 Å². The molecule has 1 aromatic rings. The molecule has 3 heteroatoms. The molecule has 0 bridgehead atoms. The summed E-state index contributed by atoms with van der Waals surface area (Å²) in [6.45, 7) is 8.91. The maximum atomic E-state index is 10.2. The standard InChI is InChI=1S/C15H25NO2/c1-11(2)15(4,17)10-18-14-12(3)7-6-8-13(14)9-16-5/h6-8,11,16-17H,9-10H2,1-5H3. The number of aryl methyl sites for hydroxylation is 1. The fourth-order valence-electron chi connectivity index (χ4n) is 1.63. The van der Waals surface area contributed by atoms with Crippen LogP contribution < -0.4 is 10.1 Å². The van der Waals surface area contributed by atoms with E-state index in [9.17, 15) is 5.11 Å². The van der Waals surface area contributed by atoms with Gasteiger partial charge < -0.3 is 15.2 Å². The van der Waals surface area contributed by atoms with Crippen LogP contribution in [0.4, 0.5) is 0 Å². The van der Waals surface area contributed by atoms with Crippen LogP contribution in [0.15, 0.2) is 18.2 Å². The molecule has 1 atom stereocenters. The summed E-state index contributed by atoms with van der Waals surface area (Å²) in [5, 5.41) is 13.4. The van der Waals surface area contributed by atoms with Gasteiger partial charge in [0.25, 0.3) is 0 Å². The van der Waals surface area contributed by atoms with E-state index in [1.807, 2.05) is 52.9 Å². The first-order chi connectivity index (χ1) is 8.38. The van der Waals surface area contributed by atoms with Crippen molar-refractivity contribution in [2.24, 2.45) is 5.92 Å². The molecule has 0 aliphatic carbocycles. The van der Waals surface area contributed by atoms with Gasteiger partial charge in [0.2, 0.25) is 0 Å². The number of aliphatic hydroxyl groups is 1. The van der Waals surface area contributed by atoms with Gasteiger partial charge in [-0.3, -0.25) is 0 Å². The molecule has 1 unspecified atom stereocenters. The van der Waals surface area contributed by atoms with Crippen molar-refractivity contribution in [3.8, 4) is 5.75 Å². The molecule has 1 aromatic carbocycles. The maximum Gasteiger partial charge on any atom is 0.126 e. The minimum Gasteiger partial charge on any atom is -0.490 e. The van der Waals surface area contributed by atoms with Crippen LogP contribution in [0.25, 0.3) is 0 Å². The van der Waals surface area contributed by atoms with Gasteiger partial charge in [0.15, 0.2) is 0 Å². The molecule has 102 valence electrons. The Morgan fingerprint density at radius 3 is 2.61 bits per heavy atom. The van der Waals surface area contributed by atoms with Crippen molar-refractivity contribution >= 4 is 0 Å². The van der Waals surface area contributed by atoms with Gasteiger partial charge in [-0.05, 0) is 32.4 Å². The third-order valence-electron chi connectivity index (χ3n) is 3.41. The Bertz CT molecular complexity index is 386. The van der Waals surface area contributed by atoms with Gasteiger partial charge in [0.05, 0.1) is 5.60 Å². The number of rotatable bonds is 6. The first-order valence-corrected chi connectivity index (χ1v) is 6.46. The molecule has 0 saturated heterocycles. The second kappa shape index (κ2) is 6.21. The molecule has 0 saturated carbocycles. The van der Waals surface area contributed by atoms with Gasteiger partial charge in [-0.1, -0.05) is 32.0 Å². The predicted molar refractivity (Wildman–Crippen MR) is 74.9 cm³/mol. The average molecular weight is 251 g/mol. The Balaban J connectivity index is 2.84. The molecule has 3 nitrogen and oxygen atoms in total. The molecule has 18 heavy (non-hydrogen) atoms. The molecule has 0 aliphatic heterocycles. The average Bonchev–Trinajstić information content (AvgIpc) is 2.28. The van der Waals surface area contributed by atoms with Gasteiger partial charge in [0.1, 0.15) is 12.4 Å². The SMILES string of the molecule is CNCc1cccc(C)c1OCC(C)(O)C(C)C. The minimum atomic E-state index is -0.806. The molecule has 0 amide bonds. The zero-order valence-corrected chi connectivity index (χ0v) is 12.1. The molecule has 1 rings (SSSR count). The zero-order chi connectivity index (χ0) is 13.8. The number of nitrogens with one attached hydrogen (secondary N) is 1. The van der Waals surface area contributed by atoms with Crippen molar-refractivity contribution in [1.82, 2.24) is 5.32 Å². The quantitative estimate of drug-likeness (QED) is 0.816. The predicted octanol–water partition coefficient (Wildman–Crippen LogP) is 2.50. The van der Waals surface area contributed by atoms with Gasteiger partial charge >= 0.3 is 0 Å². The van der Waals surface area contributed by atoms with Crippen LogP contribution in [-0.4, -0.2) is 24.4 Å². The smallest absolute Gasteiger partial charge is 0.126 e. The summed E-state index contributed by atoms with van der Waals surface area (Å²) in [5.41, 5.74) is 1.42. The van der Waals surface area contributed by atoms with Crippen LogP contribution in [-0.2, 0) is 6.54 Å². The van der Waals surface area contributed by atoms with E-state index in [0.29, 0.717) is 6.61 Å². The lowest BCUT2D eigenvalue weighted by molar-refractivity contribution is -0.0270. The summed E-state index contributed by atoms with van der Waals surface area (Å²) in [5.74, 6) is 1.04. The molecular weight excluding hydrogens is 226 g/mol. The van der Waals surface area contributed by atoms with E-state index in [1.165, 1.54) is 0 Å². The molecular formula is C15H25NO2. The van der Waals surface area contributed by atoms with Crippen molar-refractivity contribution in [1.29, 1.82) is 0 Å². The van der Waals surface area contributed by atoms with E-state index >= 15 is 0 Å². The third-order valence-corrected chi connectivity index (χ3v) is 3.41. The van der Waals surface area contributed by atoms with Gasteiger partial charge in [-0.15, -0.1) is 0 Å². The van der Waals surface area contributed by atoms with Crippen LogP contribution in [0.1, 0.15) is 31.9 Å². The lowest BCUT2D eigenvalue weighted by Gasteiger charge is -2.28. The Morgan fingerprint density at radius 1 is 1.39 bits per heavy atom. The highest BCUT2D eigenvalue weighted by Crippen LogP contribution is 2.26. The third kappa shape index (κ3) is 3.72. The summed E-state index contributed by atoms with van der Waals surface area (Å²) in [6.07, 6.45) is 0. The first kappa shape index (κ1) is 15.0. The molecule has 0 aromatic heterocycles. The summed E-state index contributed by atoms with van der Waals surface area (Å²) >= 11 is 0. The monoisotopic (exact) mass is 251 g/mol. The highest BCUT2D eigenvalue weighted by atomic mass is 16.5. The molecule has 0 radical (unpaired) electrons. The van der Waals surface area contributed by atoms with Crippen molar-refractivity contribution in [3.63, 3.8) is 0 Å². The number of hydrogen-bond donors (Lipinski definition) is 2. The van der Waals surface area contributed by atoms with Gasteiger partial charge in [-0.2, -0.15) is 0 Å². The lowest BCUT2D eigenvalue weighted by Crippen LogP contribution is -2.38. The van der Waals surface area contributed by atoms with E-state index in [1.54, 1.807) is 0 Å². The normalized spacial score (nSPS) is 14.6. The van der Waals surface area contributed by atoms with E-state index in [4.69, 9.17) is 4.74 Å². The van der Waals surface area contributed by atoms with Gasteiger partial charge in [-0.25, -0.2) is 0 Å². The van der Waals surface area contributed by atoms with E-state index in [2.05, 4.69) is 5.32 Å². The molecule has 0 heterocycles. The van der Waals surface area contributed by atoms with Crippen LogP contribution in [0, 0.1) is 12.8 Å². The van der Waals surface area contributed by atoms with Crippen molar-refractivity contribution in [2.45, 2.75) is 39.8 Å². The Morgan fingerprint density at radius 2 is 2.06 bits per heavy atom. The number of benzene rings is 1. The largest absolute Gasteiger partial charge is 0.490 e. The Kier molecular flexibility index (Phi) is 5.17. The highest BCUT2D eigenvalue weighted by Gasteiger charge is 2.26. The summed E-state index contributed by atoms with van der Waals surface area (Å²) in [7, 11) is 1.91. The highest BCUT2D eigenvalue weighted by molar-refractivity contribution is 5.40. The Hall–Kier alpha value is -1.06. The second-order valence-corrected chi connectivity index (χ2v) is 5.39. The van der Waals surface area contributed by atoms with Crippen molar-refractivity contribution in [2.75, 3.05) is 13.7 Å². The van der Waals surface area contributed by atoms with Crippen molar-refractivity contribution < 1.29 is 9.84 Å².